The molecule has 7 nitrogen and oxygen atoms in total. The number of hydrogen-bond donors (Lipinski definition) is 1. The fourth-order valence-corrected chi connectivity index (χ4v) is 3.02. The van der Waals surface area contributed by atoms with Crippen LogP contribution in [0.4, 0.5) is 11.6 Å². The van der Waals surface area contributed by atoms with Crippen LogP contribution < -0.4 is 10.2 Å². The van der Waals surface area contributed by atoms with Gasteiger partial charge in [0.2, 0.25) is 0 Å². The molecule has 126 valence electrons. The zero-order valence-electron chi connectivity index (χ0n) is 14.3. The highest BCUT2D eigenvalue weighted by Gasteiger charge is 2.26. The van der Waals surface area contributed by atoms with Crippen LogP contribution in [0.15, 0.2) is 18.3 Å². The van der Waals surface area contributed by atoms with Crippen molar-refractivity contribution < 1.29 is 0 Å². The first-order valence-corrected chi connectivity index (χ1v) is 8.22. The van der Waals surface area contributed by atoms with E-state index in [1.165, 1.54) is 0 Å². The van der Waals surface area contributed by atoms with Crippen molar-refractivity contribution in [3.05, 3.63) is 40.7 Å². The molecular weight excluding hydrogens is 314 g/mol. The third kappa shape index (κ3) is 3.36. The first-order chi connectivity index (χ1) is 12.1. The molecule has 1 aliphatic heterocycles. The maximum Gasteiger partial charge on any atom is 0.169 e. The molecule has 7 heteroatoms. The molecule has 1 N–H and O–H groups in total. The lowest BCUT2D eigenvalue weighted by atomic mass is 10.1. The second-order valence-corrected chi connectivity index (χ2v) is 6.21. The molecule has 0 bridgehead atoms. The Morgan fingerprint density at radius 3 is 2.88 bits per heavy atom. The Labute approximate surface area is 146 Å². The highest BCUT2D eigenvalue weighted by atomic mass is 15.3. The minimum absolute atomic E-state index is 0.392. The lowest BCUT2D eigenvalue weighted by molar-refractivity contribution is 0.620. The van der Waals surface area contributed by atoms with Gasteiger partial charge >= 0.3 is 0 Å². The molecule has 0 saturated carbocycles. The number of hydrogen-bond acceptors (Lipinski definition) is 7. The van der Waals surface area contributed by atoms with E-state index in [-0.39, 0.29) is 0 Å². The zero-order chi connectivity index (χ0) is 17.8. The Balaban J connectivity index is 1.68. The molecule has 1 atom stereocenters. The summed E-state index contributed by atoms with van der Waals surface area (Å²) in [5, 5.41) is 30.3. The summed E-state index contributed by atoms with van der Waals surface area (Å²) in [6, 6.07) is 7.91. The normalized spacial score (nSPS) is 16.3. The van der Waals surface area contributed by atoms with Crippen molar-refractivity contribution in [1.29, 1.82) is 10.5 Å². The number of aryl methyl sites for hydroxylation is 1. The average Bonchev–Trinajstić information content (AvgIpc) is 3.11. The highest BCUT2D eigenvalue weighted by Crippen LogP contribution is 2.27. The van der Waals surface area contributed by atoms with Crippen LogP contribution in [0, 0.1) is 42.4 Å². The van der Waals surface area contributed by atoms with Crippen LogP contribution in [0.3, 0.4) is 0 Å². The molecule has 1 fully saturated rings. The zero-order valence-corrected chi connectivity index (χ0v) is 14.3. The van der Waals surface area contributed by atoms with Crippen molar-refractivity contribution in [2.45, 2.75) is 20.3 Å². The predicted octanol–water partition coefficient (Wildman–Crippen LogP) is 2.17. The number of aromatic nitrogens is 3. The van der Waals surface area contributed by atoms with Gasteiger partial charge in [-0.1, -0.05) is 0 Å². The maximum atomic E-state index is 9.46. The number of rotatable bonds is 4. The Kier molecular flexibility index (Phi) is 4.76. The molecule has 0 amide bonds. The van der Waals surface area contributed by atoms with E-state index < -0.39 is 0 Å². The molecular formula is C18H19N7. The van der Waals surface area contributed by atoms with Crippen molar-refractivity contribution in [2.75, 3.05) is 29.9 Å². The van der Waals surface area contributed by atoms with E-state index in [9.17, 15) is 5.26 Å². The van der Waals surface area contributed by atoms with Gasteiger partial charge in [0.1, 0.15) is 23.5 Å². The maximum absolute atomic E-state index is 9.46. The van der Waals surface area contributed by atoms with E-state index in [0.29, 0.717) is 28.7 Å². The minimum atomic E-state index is 0.392. The van der Waals surface area contributed by atoms with Crippen LogP contribution in [-0.4, -0.2) is 34.8 Å². The number of pyridine rings is 1. The molecule has 0 spiro atoms. The molecule has 3 rings (SSSR count). The average molecular weight is 333 g/mol. The lowest BCUT2D eigenvalue weighted by Crippen LogP contribution is -2.25. The number of nitrogens with zero attached hydrogens (tertiary/aromatic N) is 6. The summed E-state index contributed by atoms with van der Waals surface area (Å²) in [5.74, 6) is 1.68. The second kappa shape index (κ2) is 7.14. The van der Waals surface area contributed by atoms with Crippen molar-refractivity contribution in [1.82, 2.24) is 15.2 Å². The summed E-state index contributed by atoms with van der Waals surface area (Å²) < 4.78 is 0. The van der Waals surface area contributed by atoms with Gasteiger partial charge in [-0.3, -0.25) is 0 Å². The van der Waals surface area contributed by atoms with Gasteiger partial charge in [-0.25, -0.2) is 4.98 Å². The van der Waals surface area contributed by atoms with E-state index in [2.05, 4.69) is 37.5 Å². The summed E-state index contributed by atoms with van der Waals surface area (Å²) in [6.07, 6.45) is 2.66. The molecule has 0 aliphatic carbocycles. The molecule has 0 aromatic carbocycles. The summed E-state index contributed by atoms with van der Waals surface area (Å²) in [4.78, 5) is 6.34. The van der Waals surface area contributed by atoms with Crippen LogP contribution in [0.5, 0.6) is 0 Å². The van der Waals surface area contributed by atoms with Crippen molar-refractivity contribution >= 4 is 11.6 Å². The molecule has 0 radical (unpaired) electrons. The van der Waals surface area contributed by atoms with Crippen molar-refractivity contribution in [2.24, 2.45) is 5.92 Å². The molecule has 1 saturated heterocycles. The van der Waals surface area contributed by atoms with Crippen molar-refractivity contribution in [3.63, 3.8) is 0 Å². The summed E-state index contributed by atoms with van der Waals surface area (Å²) in [7, 11) is 0. The minimum Gasteiger partial charge on any atom is -0.369 e. The Hall–Kier alpha value is -3.19. The SMILES string of the molecule is Cc1nnc(N2CC[C@H](CNc3ncccc3C#N)C2)c(C#N)c1C. The van der Waals surface area contributed by atoms with Gasteiger partial charge in [0.05, 0.1) is 11.3 Å². The Morgan fingerprint density at radius 2 is 2.12 bits per heavy atom. The van der Waals surface area contributed by atoms with Gasteiger partial charge in [-0.2, -0.15) is 15.6 Å². The van der Waals surface area contributed by atoms with Crippen LogP contribution >= 0.6 is 0 Å². The van der Waals surface area contributed by atoms with Gasteiger partial charge in [0, 0.05) is 25.8 Å². The van der Waals surface area contributed by atoms with Crippen LogP contribution in [0.2, 0.25) is 0 Å². The number of nitriles is 2. The first kappa shape index (κ1) is 16.7. The van der Waals surface area contributed by atoms with Gasteiger partial charge in [-0.05, 0) is 43.9 Å². The Morgan fingerprint density at radius 1 is 1.28 bits per heavy atom. The van der Waals surface area contributed by atoms with E-state index in [1.807, 2.05) is 13.8 Å². The van der Waals surface area contributed by atoms with Gasteiger partial charge in [0.25, 0.3) is 0 Å². The van der Waals surface area contributed by atoms with Gasteiger partial charge in [-0.15, -0.1) is 5.10 Å². The van der Waals surface area contributed by atoms with Crippen LogP contribution in [-0.2, 0) is 0 Å². The summed E-state index contributed by atoms with van der Waals surface area (Å²) in [6.45, 7) is 6.14. The largest absolute Gasteiger partial charge is 0.369 e. The van der Waals surface area contributed by atoms with Gasteiger partial charge < -0.3 is 10.2 Å². The second-order valence-electron chi connectivity index (χ2n) is 6.21. The molecule has 25 heavy (non-hydrogen) atoms. The smallest absolute Gasteiger partial charge is 0.169 e. The predicted molar refractivity (Wildman–Crippen MR) is 94.0 cm³/mol. The molecule has 2 aromatic rings. The fraction of sp³-hybridized carbons (Fsp3) is 0.389. The lowest BCUT2D eigenvalue weighted by Gasteiger charge is -2.19. The number of anilines is 2. The standard InChI is InChI=1S/C18H19N7/c1-12-13(2)23-24-18(16(12)9-20)25-7-5-14(11-25)10-22-17-15(8-19)4-3-6-21-17/h3-4,6,14H,5,7,10-11H2,1-2H3,(H,21,22)/t14-/m1/s1. The summed E-state index contributed by atoms with van der Waals surface area (Å²) >= 11 is 0. The van der Waals surface area contributed by atoms with Crippen LogP contribution in [0.1, 0.15) is 28.8 Å². The molecule has 1 aliphatic rings. The van der Waals surface area contributed by atoms with E-state index in [0.717, 1.165) is 37.3 Å². The van der Waals surface area contributed by atoms with Crippen molar-refractivity contribution in [3.8, 4) is 12.1 Å². The topological polar surface area (TPSA) is 102 Å². The molecule has 3 heterocycles. The first-order valence-electron chi connectivity index (χ1n) is 8.22. The van der Waals surface area contributed by atoms with E-state index >= 15 is 0 Å². The highest BCUT2D eigenvalue weighted by molar-refractivity contribution is 5.58. The quantitative estimate of drug-likeness (QED) is 0.914. The third-order valence-corrected chi connectivity index (χ3v) is 4.62. The third-order valence-electron chi connectivity index (χ3n) is 4.62. The number of nitrogens with one attached hydrogen (secondary N) is 1. The van der Waals surface area contributed by atoms with E-state index in [1.54, 1.807) is 18.3 Å². The molecule has 0 unspecified atom stereocenters. The van der Waals surface area contributed by atoms with Gasteiger partial charge in [0.15, 0.2) is 5.82 Å². The van der Waals surface area contributed by atoms with E-state index in [4.69, 9.17) is 5.26 Å². The monoisotopic (exact) mass is 333 g/mol. The fourth-order valence-electron chi connectivity index (χ4n) is 3.02. The van der Waals surface area contributed by atoms with Crippen LogP contribution in [0.25, 0.3) is 0 Å². The summed E-state index contributed by atoms with van der Waals surface area (Å²) in [5.41, 5.74) is 2.83. The molecule has 2 aromatic heterocycles. The Bertz CT molecular complexity index is 863.